The molecule has 0 aromatic heterocycles. The molecular weight excluding hydrogens is 943 g/mol. The highest BCUT2D eigenvalue weighted by atomic mass is 16.7. The molecule has 2 saturated heterocycles. The molecule has 2 amide bonds. The summed E-state index contributed by atoms with van der Waals surface area (Å²) in [5.74, 6) is -6.12. The first-order valence-corrected chi connectivity index (χ1v) is 24.6. The lowest BCUT2D eigenvalue weighted by atomic mass is 9.82. The number of carbonyl (C=O) groups excluding carboxylic acids is 3. The van der Waals surface area contributed by atoms with Crippen molar-refractivity contribution in [2.75, 3.05) is 20.2 Å². The SMILES string of the molecule is COC(=O)[C@H]1[C@@H]2C[C@@H](O[C@@H]3O[C@H](C)[C@@H](O)[C@H](NC(=O)NCCN)[C@@H]3O)/C=C/C=C/C=C/C=C/C=C/C=C/C=C/[C@H](C)[C@@H](O)[C@@H](C)[C@H](C)OC(=O)C[C@H](O)C[C@H](O)CC[C@@H](O)[C@H](O)C[C@H](O)C[C@](O)(C[C@@H]1O)O2. The van der Waals surface area contributed by atoms with E-state index in [1.54, 1.807) is 86.8 Å². The predicted octanol–water partition coefficient (Wildman–Crippen LogP) is 0.0993. The number of allylic oxidation sites excluding steroid dienone is 12. The molecule has 0 aromatic rings. The van der Waals surface area contributed by atoms with E-state index in [-0.39, 0.29) is 44.7 Å². The summed E-state index contributed by atoms with van der Waals surface area (Å²) in [5.41, 5.74) is 5.49. The van der Waals surface area contributed by atoms with Gasteiger partial charge in [0.05, 0.1) is 80.6 Å². The van der Waals surface area contributed by atoms with Crippen LogP contribution in [0.1, 0.15) is 79.1 Å². The Balaban J connectivity index is 1.93. The molecule has 0 aromatic carbocycles. The number of nitrogens with one attached hydrogen (secondary N) is 2. The molecule has 19 atom stereocenters. The highest BCUT2D eigenvalue weighted by Crippen LogP contribution is 2.38. The van der Waals surface area contributed by atoms with Crippen LogP contribution in [0.2, 0.25) is 0 Å². The molecule has 2 bridgehead atoms. The van der Waals surface area contributed by atoms with E-state index in [2.05, 4.69) is 10.6 Å². The minimum absolute atomic E-state index is 0.113. The van der Waals surface area contributed by atoms with Crippen LogP contribution in [-0.2, 0) is 33.3 Å². The van der Waals surface area contributed by atoms with Gasteiger partial charge in [-0.05, 0) is 33.1 Å². The normalized spacial score (nSPS) is 42.0. The van der Waals surface area contributed by atoms with Gasteiger partial charge in [0, 0.05) is 50.6 Å². The summed E-state index contributed by atoms with van der Waals surface area (Å²) in [6.07, 6.45) is 2.99. The van der Waals surface area contributed by atoms with E-state index >= 15 is 0 Å². The zero-order chi connectivity index (χ0) is 53.5. The van der Waals surface area contributed by atoms with E-state index in [0.717, 1.165) is 7.11 Å². The molecule has 0 radical (unpaired) electrons. The Morgan fingerprint density at radius 2 is 1.31 bits per heavy atom. The fraction of sp³-hybridized carbons (Fsp3) is 0.667. The summed E-state index contributed by atoms with van der Waals surface area (Å²) >= 11 is 0. The van der Waals surface area contributed by atoms with Gasteiger partial charge in [-0.15, -0.1) is 0 Å². The maximum Gasteiger partial charge on any atom is 0.315 e. The number of aliphatic hydroxyl groups is 10. The van der Waals surface area contributed by atoms with Crippen LogP contribution < -0.4 is 16.4 Å². The predicted molar refractivity (Wildman–Crippen MR) is 263 cm³/mol. The molecule has 72 heavy (non-hydrogen) atoms. The van der Waals surface area contributed by atoms with Crippen molar-refractivity contribution in [3.8, 4) is 0 Å². The molecule has 14 N–H and O–H groups in total. The minimum atomic E-state index is -2.32. The summed E-state index contributed by atoms with van der Waals surface area (Å²) in [7, 11) is 1.10. The monoisotopic (exact) mass is 1020 g/mol. The third-order valence-electron chi connectivity index (χ3n) is 12.9. The summed E-state index contributed by atoms with van der Waals surface area (Å²) in [4.78, 5) is 38.4. The number of urea groups is 1. The maximum atomic E-state index is 13.2. The number of fused-ring (bicyclic) bond motifs is 2. The Hall–Kier alpha value is -4.17. The number of hydrogen-bond acceptors (Lipinski definition) is 19. The van der Waals surface area contributed by atoms with Crippen molar-refractivity contribution in [3.63, 3.8) is 0 Å². The van der Waals surface area contributed by atoms with Crippen LogP contribution in [0.5, 0.6) is 0 Å². The Morgan fingerprint density at radius 3 is 1.90 bits per heavy atom. The van der Waals surface area contributed by atoms with Crippen molar-refractivity contribution in [1.29, 1.82) is 0 Å². The number of hydrogen-bond donors (Lipinski definition) is 13. The Kier molecular flexibility index (Phi) is 27.2. The van der Waals surface area contributed by atoms with Crippen LogP contribution in [0.4, 0.5) is 4.79 Å². The van der Waals surface area contributed by atoms with Gasteiger partial charge in [0.1, 0.15) is 24.2 Å². The first kappa shape index (κ1) is 62.1. The second-order valence-electron chi connectivity index (χ2n) is 18.9. The highest BCUT2D eigenvalue weighted by molar-refractivity contribution is 5.74. The molecule has 0 saturated carbocycles. The fourth-order valence-electron chi connectivity index (χ4n) is 8.62. The van der Waals surface area contributed by atoms with Crippen LogP contribution in [0.15, 0.2) is 85.1 Å². The Morgan fingerprint density at radius 1 is 0.708 bits per heavy atom. The number of nitrogens with two attached hydrogens (primary N) is 1. The molecule has 21 heteroatoms. The molecular formula is C51H81N3O18. The van der Waals surface area contributed by atoms with Crippen molar-refractivity contribution in [2.24, 2.45) is 23.5 Å². The van der Waals surface area contributed by atoms with Gasteiger partial charge < -0.3 is 91.1 Å². The van der Waals surface area contributed by atoms with Gasteiger partial charge in [-0.25, -0.2) is 4.79 Å². The van der Waals surface area contributed by atoms with Crippen molar-refractivity contribution in [2.45, 2.75) is 177 Å². The molecule has 21 nitrogen and oxygen atoms in total. The van der Waals surface area contributed by atoms with Crippen molar-refractivity contribution in [1.82, 2.24) is 10.6 Å². The number of aliphatic hydroxyl groups excluding tert-OH is 9. The largest absolute Gasteiger partial charge is 0.469 e. The van der Waals surface area contributed by atoms with Crippen molar-refractivity contribution < 1.29 is 89.1 Å². The van der Waals surface area contributed by atoms with E-state index in [0.29, 0.717) is 0 Å². The second kappa shape index (κ2) is 31.5. The van der Waals surface area contributed by atoms with E-state index in [4.69, 9.17) is 29.4 Å². The second-order valence-corrected chi connectivity index (χ2v) is 18.9. The number of rotatable bonds is 6. The lowest BCUT2D eigenvalue weighted by Gasteiger charge is -2.45. The average molecular weight is 1020 g/mol. The number of methoxy groups -OCH3 is 1. The van der Waals surface area contributed by atoms with Gasteiger partial charge in [-0.3, -0.25) is 9.59 Å². The van der Waals surface area contributed by atoms with E-state index in [1.165, 1.54) is 13.0 Å². The van der Waals surface area contributed by atoms with Gasteiger partial charge in [0.15, 0.2) is 12.1 Å². The van der Waals surface area contributed by atoms with Crippen LogP contribution in [-0.4, -0.2) is 187 Å². The zero-order valence-corrected chi connectivity index (χ0v) is 41.9. The maximum absolute atomic E-state index is 13.2. The van der Waals surface area contributed by atoms with Gasteiger partial charge >= 0.3 is 18.0 Å². The molecule has 0 unspecified atom stereocenters. The topological polar surface area (TPSA) is 350 Å². The van der Waals surface area contributed by atoms with E-state index in [1.807, 2.05) is 13.0 Å². The van der Waals surface area contributed by atoms with Crippen LogP contribution in [0, 0.1) is 17.8 Å². The summed E-state index contributed by atoms with van der Waals surface area (Å²) in [5, 5.41) is 115. The minimum Gasteiger partial charge on any atom is -0.469 e. The molecule has 3 heterocycles. The zero-order valence-electron chi connectivity index (χ0n) is 41.9. The number of ether oxygens (including phenoxy) is 5. The number of esters is 2. The lowest BCUT2D eigenvalue weighted by Crippen LogP contribution is -2.65. The number of amides is 2. The molecule has 2 fully saturated rings. The number of cyclic esters (lactones) is 1. The van der Waals surface area contributed by atoms with E-state index in [9.17, 15) is 65.4 Å². The molecule has 0 spiro atoms. The standard InChI is InChI=1S/C51H81N3O18/c1-30-18-16-14-12-10-8-6-7-9-11-13-15-17-19-37(71-49-47(64)44(46(63)33(4)70-49)54-50(66)53-23-22-52)27-41-43(48(65)68-5)40(60)29-51(67,72-41)28-36(57)25-39(59)38(58)21-20-34(55)24-35(56)26-42(61)69-32(3)31(2)45(30)62/h6-19,30-41,43-47,49,55-60,62-64,67H,20-29,52H2,1-5H3,(H2,53,54,66)/b7-6+,10-8+,11-9+,14-12+,15-13+,18-16+,19-17+/t30-,31-,32-,33+,34+,35+,36-,37-,38+,39+,40-,41-,43+,44-,45+,46+,47-,49-,51+/m0/s1. The third-order valence-corrected chi connectivity index (χ3v) is 12.9. The first-order valence-electron chi connectivity index (χ1n) is 24.6. The lowest BCUT2D eigenvalue weighted by molar-refractivity contribution is -0.309. The van der Waals surface area contributed by atoms with Crippen molar-refractivity contribution >= 4 is 18.0 Å². The molecule has 408 valence electrons. The molecule has 3 aliphatic rings. The van der Waals surface area contributed by atoms with E-state index < -0.39 is 153 Å². The smallest absolute Gasteiger partial charge is 0.315 e. The van der Waals surface area contributed by atoms with Gasteiger partial charge in [-0.2, -0.15) is 0 Å². The van der Waals surface area contributed by atoms with Gasteiger partial charge in [0.25, 0.3) is 0 Å². The van der Waals surface area contributed by atoms with Crippen LogP contribution in [0.25, 0.3) is 0 Å². The summed E-state index contributed by atoms with van der Waals surface area (Å²) in [6.45, 7) is 6.96. The average Bonchev–Trinajstić information content (AvgIpc) is 3.31. The highest BCUT2D eigenvalue weighted by Gasteiger charge is 2.51. The van der Waals surface area contributed by atoms with Crippen LogP contribution in [0.3, 0.4) is 0 Å². The van der Waals surface area contributed by atoms with Crippen molar-refractivity contribution in [3.05, 3.63) is 85.1 Å². The molecule has 0 aliphatic carbocycles. The van der Waals surface area contributed by atoms with Crippen LogP contribution >= 0.6 is 0 Å². The van der Waals surface area contributed by atoms with Gasteiger partial charge in [-0.1, -0.05) is 98.9 Å². The molecule has 3 rings (SSSR count). The summed E-state index contributed by atoms with van der Waals surface area (Å²) < 4.78 is 28.7. The quantitative estimate of drug-likeness (QED) is 0.157. The first-order chi connectivity index (χ1) is 34.1. The Labute approximate surface area is 422 Å². The molecule has 3 aliphatic heterocycles. The summed E-state index contributed by atoms with van der Waals surface area (Å²) in [6, 6.07) is -2.00. The fourth-order valence-corrected chi connectivity index (χ4v) is 8.62. The third kappa shape index (κ3) is 21.0. The van der Waals surface area contributed by atoms with Gasteiger partial charge in [0.2, 0.25) is 0 Å². The number of carbonyl (C=O) groups is 3. The Bertz CT molecular complexity index is 1860.